The van der Waals surface area contributed by atoms with Gasteiger partial charge in [-0.15, -0.1) is 0 Å². The van der Waals surface area contributed by atoms with Crippen molar-refractivity contribution in [1.29, 1.82) is 0 Å². The normalized spacial score (nSPS) is 12.4. The molecule has 0 bridgehead atoms. The Kier molecular flexibility index (Phi) is 26.8. The van der Waals surface area contributed by atoms with Crippen LogP contribution in [0.2, 0.25) is 0 Å². The van der Waals surface area contributed by atoms with Crippen molar-refractivity contribution in [2.45, 2.75) is 52.2 Å². The number of amides is 1. The summed E-state index contributed by atoms with van der Waals surface area (Å²) in [5.41, 5.74) is 18.7. The molecule has 0 aliphatic carbocycles. The van der Waals surface area contributed by atoms with Gasteiger partial charge in [0, 0.05) is 93.2 Å². The Morgan fingerprint density at radius 1 is 0.766 bits per heavy atom. The minimum absolute atomic E-state index is 0. The molecular formula is C50H64BBrK2N14O9. The molecule has 1 fully saturated rings. The fourth-order valence-electron chi connectivity index (χ4n) is 7.16. The molecule has 0 radical (unpaired) electrons. The Morgan fingerprint density at radius 2 is 1.27 bits per heavy atom. The summed E-state index contributed by atoms with van der Waals surface area (Å²) >= 11 is 3.30. The molecule has 6 heterocycles. The van der Waals surface area contributed by atoms with Crippen LogP contribution in [0.25, 0.3) is 27.9 Å². The number of anilines is 6. The zero-order valence-corrected chi connectivity index (χ0v) is 53.7. The van der Waals surface area contributed by atoms with E-state index in [4.69, 9.17) is 45.0 Å². The van der Waals surface area contributed by atoms with Crippen molar-refractivity contribution >= 4 is 80.9 Å². The molecule has 7 N–H and O–H groups in total. The molecule has 1 amide bonds. The monoisotopic (exact) mass is 1170 g/mol. The Hall–Kier alpha value is -4.85. The van der Waals surface area contributed by atoms with Crippen LogP contribution >= 0.6 is 15.9 Å². The second-order valence-corrected chi connectivity index (χ2v) is 18.2. The zero-order chi connectivity index (χ0) is 55.0. The number of carbonyl (C=O) groups is 2. The van der Waals surface area contributed by atoms with Crippen LogP contribution in [-0.2, 0) is 44.9 Å². The van der Waals surface area contributed by atoms with Crippen molar-refractivity contribution in [1.82, 2.24) is 43.9 Å². The molecule has 9 rings (SSSR count). The first-order valence-electron chi connectivity index (χ1n) is 23.1. The zero-order valence-electron chi connectivity index (χ0n) is 46.9. The van der Waals surface area contributed by atoms with Crippen molar-refractivity contribution < 1.29 is 147 Å². The molecule has 1 saturated heterocycles. The van der Waals surface area contributed by atoms with Crippen LogP contribution in [0.1, 0.15) is 42.5 Å². The molecule has 1 aliphatic heterocycles. The predicted molar refractivity (Wildman–Crippen MR) is 292 cm³/mol. The number of nitrogens with one attached hydrogen (secondary N) is 3. The number of rotatable bonds is 12. The topological polar surface area (TPSA) is 284 Å². The van der Waals surface area contributed by atoms with Gasteiger partial charge < -0.3 is 62.5 Å². The second kappa shape index (κ2) is 31.1. The number of nitrogens with two attached hydrogens (primary N) is 2. The van der Waals surface area contributed by atoms with Crippen LogP contribution in [0.4, 0.5) is 34.4 Å². The summed E-state index contributed by atoms with van der Waals surface area (Å²) in [7, 11) is 12.0. The van der Waals surface area contributed by atoms with Gasteiger partial charge in [-0.2, -0.15) is 24.9 Å². The molecule has 1 aliphatic rings. The quantitative estimate of drug-likeness (QED) is 0.0361. The minimum Gasteiger partial charge on any atom is -1.00 e. The third-order valence-electron chi connectivity index (χ3n) is 11.6. The summed E-state index contributed by atoms with van der Waals surface area (Å²) in [5.74, 6) is 3.26. The summed E-state index contributed by atoms with van der Waals surface area (Å²) < 4.78 is 35.5. The Labute approximate surface area is 542 Å². The Balaban J connectivity index is 0.000000374. The number of benzene rings is 3. The van der Waals surface area contributed by atoms with E-state index < -0.39 is 0 Å². The first-order chi connectivity index (χ1) is 35.7. The van der Waals surface area contributed by atoms with Gasteiger partial charge in [0.25, 0.3) is 6.47 Å². The predicted octanol–water partition coefficient (Wildman–Crippen LogP) is 0.265. The van der Waals surface area contributed by atoms with E-state index in [2.05, 4.69) is 62.1 Å². The van der Waals surface area contributed by atoms with E-state index in [9.17, 15) is 4.79 Å². The van der Waals surface area contributed by atoms with Gasteiger partial charge in [0.05, 0.1) is 72.7 Å². The van der Waals surface area contributed by atoms with E-state index in [0.717, 1.165) is 37.9 Å². The van der Waals surface area contributed by atoms with E-state index in [1.165, 1.54) is 0 Å². The van der Waals surface area contributed by atoms with E-state index >= 15 is 0 Å². The van der Waals surface area contributed by atoms with Crippen LogP contribution < -0.4 is 155 Å². The molecule has 23 nitrogen and oxygen atoms in total. The summed E-state index contributed by atoms with van der Waals surface area (Å²) in [6.07, 6.45) is 13.1. The van der Waals surface area contributed by atoms with Crippen LogP contribution in [0.3, 0.4) is 0 Å². The molecule has 400 valence electrons. The second-order valence-electron chi connectivity index (χ2n) is 17.3. The third-order valence-corrected chi connectivity index (χ3v) is 12.2. The van der Waals surface area contributed by atoms with Gasteiger partial charge in [0.2, 0.25) is 5.91 Å². The number of nitrogen functional groups attached to an aromatic ring is 2. The molecule has 0 saturated carbocycles. The molecule has 5 aromatic heterocycles. The number of nitrogens with zero attached hydrogens (tertiary/aromatic N) is 9. The summed E-state index contributed by atoms with van der Waals surface area (Å²) in [4.78, 5) is 27.8. The van der Waals surface area contributed by atoms with Gasteiger partial charge in [-0.05, 0) is 67.9 Å². The van der Waals surface area contributed by atoms with Crippen molar-refractivity contribution in [2.24, 2.45) is 21.1 Å². The first kappa shape index (κ1) is 66.4. The molecule has 0 spiro atoms. The maximum atomic E-state index is 11.9. The maximum Gasteiger partial charge on any atom is 1.00 e. The average molecular weight is 1170 g/mol. The summed E-state index contributed by atoms with van der Waals surface area (Å²) in [5, 5.41) is 34.5. The molecule has 27 heteroatoms. The standard InChI is InChI=1S/C21H24N8O2.C11H13N3O.C10H17BN2O2.C7H8BrNO.CH2O3.2K.H/c1-5-19(30)26-16-11-24-29-18(22-2)9-17(27-21(16)29)25-15-8-6-7-14(20(15)31-4)13-10-23-28(3)12-13;1-14-7-8(6-13-14)9-4-3-5-10(12)11(9)15-2;1-9(2)10(3,4)15-11(14-9)8-6-12-13(5)7-8;1-10-7-5(8)3-2-4-6(7)9;2-1-4-3;;;/h6-12,22H,5H2,1-4H3,(H,25,27)(H,26,30);3-7H,12H2,1-2H3;6-7H,1-5H3;2-4H,9H2,1H3;1,3H;;;/q;;;;;2*+1;-1/p-1. The van der Waals surface area contributed by atoms with Gasteiger partial charge in [0.15, 0.2) is 11.4 Å². The van der Waals surface area contributed by atoms with E-state index in [1.807, 2.05) is 122 Å². The number of para-hydroxylation sites is 3. The Bertz CT molecular complexity index is 3140. The maximum absolute atomic E-state index is 11.9. The SMILES string of the molecule is CCC(=O)Nc1cnn2c(NC)cc(Nc3cccc(-c4cnn(C)c4)c3OC)nc12.COc1c(N)cccc1-c1cnn(C)c1.COc1c(N)cccc1Br.Cn1cc(B2OC(C)(C)C(C)(C)O2)cn1.O=CO[O-].[H-].[K+].[K+]. The fourth-order valence-corrected chi connectivity index (χ4v) is 7.71. The first-order valence-corrected chi connectivity index (χ1v) is 23.9. The number of ether oxygens (including phenoxy) is 3. The number of aryl methyl sites for hydroxylation is 3. The van der Waals surface area contributed by atoms with E-state index in [-0.39, 0.29) is 135 Å². The number of hydrogen-bond donors (Lipinski definition) is 5. The summed E-state index contributed by atoms with van der Waals surface area (Å²) in [6, 6.07) is 18.9. The number of aromatic nitrogens is 9. The fraction of sp³-hybridized carbons (Fsp3) is 0.300. The van der Waals surface area contributed by atoms with Gasteiger partial charge in [-0.1, -0.05) is 37.3 Å². The molecule has 0 unspecified atom stereocenters. The van der Waals surface area contributed by atoms with Crippen molar-refractivity contribution in [2.75, 3.05) is 55.8 Å². The largest absolute Gasteiger partial charge is 1.00 e. The number of halogens is 1. The number of carbonyl (C=O) groups excluding carboxylic acids is 2. The molecule has 77 heavy (non-hydrogen) atoms. The van der Waals surface area contributed by atoms with Crippen molar-refractivity contribution in [3.05, 3.63) is 109 Å². The average Bonchev–Trinajstić information content (AvgIpc) is 4.25. The summed E-state index contributed by atoms with van der Waals surface area (Å²) in [6.45, 7) is 9.79. The smallest absolute Gasteiger partial charge is 1.00 e. The van der Waals surface area contributed by atoms with Crippen LogP contribution in [-0.4, -0.2) is 103 Å². The van der Waals surface area contributed by atoms with Crippen LogP contribution in [0.15, 0.2) is 109 Å². The molecule has 0 atom stereocenters. The molecule has 8 aromatic rings. The van der Waals surface area contributed by atoms with Gasteiger partial charge in [0.1, 0.15) is 28.8 Å². The Morgan fingerprint density at radius 3 is 1.73 bits per heavy atom. The number of fused-ring (bicyclic) bond motifs is 1. The number of methoxy groups -OCH3 is 3. The van der Waals surface area contributed by atoms with Crippen LogP contribution in [0, 0.1) is 0 Å². The van der Waals surface area contributed by atoms with Gasteiger partial charge >= 0.3 is 110 Å². The minimum atomic E-state index is -0.302. The number of hydrogen-bond acceptors (Lipinski definition) is 18. The van der Waals surface area contributed by atoms with Gasteiger partial charge in [-0.25, -0.2) is 4.98 Å². The van der Waals surface area contributed by atoms with Crippen molar-refractivity contribution in [3.63, 3.8) is 0 Å². The van der Waals surface area contributed by atoms with Crippen molar-refractivity contribution in [3.8, 4) is 39.5 Å². The van der Waals surface area contributed by atoms with E-state index in [1.54, 1.807) is 84.7 Å². The van der Waals surface area contributed by atoms with Gasteiger partial charge in [-0.3, -0.25) is 23.6 Å². The molecular weight excluding hydrogens is 1110 g/mol. The van der Waals surface area contributed by atoms with Crippen LogP contribution in [0.5, 0.6) is 17.2 Å². The third kappa shape index (κ3) is 17.6. The molecule has 3 aromatic carbocycles. The van der Waals surface area contributed by atoms with E-state index in [0.29, 0.717) is 58.0 Å².